The van der Waals surface area contributed by atoms with Crippen LogP contribution in [-0.4, -0.2) is 54.4 Å². The molecule has 618 valence electrons. The summed E-state index contributed by atoms with van der Waals surface area (Å²) in [5.74, 6) is -2.13. The largest absolute Gasteiger partial charge is 0.496 e. The van der Waals surface area contributed by atoms with E-state index in [-0.39, 0.29) is 35.5 Å². The van der Waals surface area contributed by atoms with Crippen LogP contribution in [0.1, 0.15) is 295 Å². The number of unbranched alkanes of at least 4 members (excludes halogenated alkanes) is 34. The molecule has 0 unspecified atom stereocenters. The summed E-state index contributed by atoms with van der Waals surface area (Å²) in [7, 11) is 3.22. The Bertz CT molecular complexity index is 4490. The van der Waals surface area contributed by atoms with E-state index in [4.69, 9.17) is 35.0 Å². The highest BCUT2D eigenvalue weighted by Gasteiger charge is 2.30. The number of nitrogens with zero attached hydrogens (tertiary/aromatic N) is 6. The van der Waals surface area contributed by atoms with E-state index in [9.17, 15) is 5.11 Å². The van der Waals surface area contributed by atoms with Gasteiger partial charge in [-0.15, -0.1) is 45.3 Å². The predicted molar refractivity (Wildman–Crippen MR) is 487 cm³/mol. The van der Waals surface area contributed by atoms with Crippen LogP contribution in [0.2, 0.25) is 0 Å². The van der Waals surface area contributed by atoms with Crippen molar-refractivity contribution in [2.24, 2.45) is 0 Å². The average molecular weight is 1760 g/mol. The summed E-state index contributed by atoms with van der Waals surface area (Å²) in [6, 6.07) is 22.2. The highest BCUT2D eigenvalue weighted by Crippen LogP contribution is 2.46. The maximum Gasteiger partial charge on any atom is 0.170 e. The zero-order valence-corrected chi connectivity index (χ0v) is 74.8. The molecule has 10 nitrogen and oxygen atoms in total. The van der Waals surface area contributed by atoms with Crippen molar-refractivity contribution in [1.82, 2.24) is 30.0 Å². The molecule has 0 bridgehead atoms. The molecule has 4 aromatic carbocycles. The van der Waals surface area contributed by atoms with Crippen molar-refractivity contribution in [1.29, 1.82) is 0 Å². The van der Waals surface area contributed by atoms with Crippen LogP contribution in [0.5, 0.6) is 11.5 Å². The number of methoxy groups -OCH3 is 2. The Labute approximate surface area is 710 Å². The number of thiophene rings is 4. The van der Waals surface area contributed by atoms with Crippen LogP contribution in [-0.2, 0) is 26.3 Å². The molecule has 20 heteroatoms. The molecule has 6 aromatic heterocycles. The Morgan fingerprint density at radius 2 is 0.702 bits per heavy atom. The van der Waals surface area contributed by atoms with Gasteiger partial charge in [0, 0.05) is 40.4 Å². The van der Waals surface area contributed by atoms with Gasteiger partial charge in [-0.3, -0.25) is 0 Å². The molecule has 0 amide bonds. The van der Waals surface area contributed by atoms with Crippen LogP contribution in [0.3, 0.4) is 0 Å². The van der Waals surface area contributed by atoms with Crippen molar-refractivity contribution in [3.05, 3.63) is 166 Å². The summed E-state index contributed by atoms with van der Waals surface area (Å²) in [4.78, 5) is 7.63. The zero-order valence-electron chi connectivity index (χ0n) is 68.4. The van der Waals surface area contributed by atoms with Gasteiger partial charge in [-0.05, 0) is 166 Å². The average Bonchev–Trinajstić information content (AvgIpc) is 1.57. The third kappa shape index (κ3) is 28.4. The summed E-state index contributed by atoms with van der Waals surface area (Å²) in [5.41, 5.74) is 7.36. The SMILES string of the molecule is C/C=C/c1cc(OC)c(/C=C/c2ccc(-c3c(F)c(F)c(-c4ccc(C)s4)c4nn(CCCCCCCCCCCCCCCCCCCC)nc34)s2)cc1CO.C=Cc1cc(OC)c(C=C)cc1CO.CCCCCCCCCCCCCCCCCCCCn1nc2c(-c3ccc(Br)s3)c(F)c(F)c(-c3ccc(Br)s3)c2n1. The number of ether oxygens (including phenoxy) is 2. The Balaban J connectivity index is 0.000000250. The maximum atomic E-state index is 16.2. The van der Waals surface area contributed by atoms with Crippen LogP contribution < -0.4 is 9.47 Å². The minimum atomic E-state index is -0.907. The third-order valence-corrected chi connectivity index (χ3v) is 26.3. The van der Waals surface area contributed by atoms with Gasteiger partial charge in [0.2, 0.25) is 0 Å². The topological polar surface area (TPSA) is 120 Å². The molecule has 0 aliphatic carbocycles. The third-order valence-electron chi connectivity index (χ3n) is 21.0. The smallest absolute Gasteiger partial charge is 0.170 e. The predicted octanol–water partition coefficient (Wildman–Crippen LogP) is 31.4. The molecule has 0 radical (unpaired) electrons. The van der Waals surface area contributed by atoms with E-state index in [1.807, 2.05) is 98.8 Å². The molecule has 6 heterocycles. The Morgan fingerprint density at radius 3 is 1.03 bits per heavy atom. The standard InChI is InChI=1S/C48H63F2N3O2S2.C34H45Br2F2N3S2.C12H14O2/c1-5-7-8-9-10-11-12-13-14-15-16-17-18-19-20-21-22-23-31-53-51-47-43(41-29-25-35(3)56-41)45(49)46(50)44(48(47)52-53)42-30-28-39(57-42)27-26-37-32-38(34-54)36(24-6-2)33-40(37)55-4;1-2-3-4-5-6-7-8-9-10-11-12-13-14-15-16-17-18-19-24-41-39-33-29(25-20-22-27(35)42-25)31(37)32(38)30(34(33)40-41)26-21-23-28(36)43-26;1-4-9-7-12(14-3)10(5-2)6-11(9)8-13/h6,24-30,32-33,54H,5,7-23,31,34H2,1-4H3;20-23H,2-19,24H2,1H3;4-7,13H,1-2,8H2,3H3/b24-6+,27-26+;;. The molecule has 0 aliphatic heterocycles. The number of aliphatic hydroxyl groups is 2. The van der Waals surface area contributed by atoms with E-state index >= 15 is 17.6 Å². The highest BCUT2D eigenvalue weighted by molar-refractivity contribution is 9.11. The number of aliphatic hydroxyl groups excluding tert-OH is 2. The van der Waals surface area contributed by atoms with Gasteiger partial charge in [0.05, 0.1) is 70.3 Å². The lowest BCUT2D eigenvalue weighted by atomic mass is 10.0. The first-order valence-corrected chi connectivity index (χ1v) is 46.9. The fourth-order valence-electron chi connectivity index (χ4n) is 14.6. The zero-order chi connectivity index (χ0) is 81.4. The Kier molecular flexibility index (Phi) is 42.3. The number of aromatic nitrogens is 6. The van der Waals surface area contributed by atoms with Gasteiger partial charge in [-0.2, -0.15) is 30.0 Å². The maximum absolute atomic E-state index is 16.2. The van der Waals surface area contributed by atoms with E-state index in [1.165, 1.54) is 251 Å². The van der Waals surface area contributed by atoms with Gasteiger partial charge in [-0.1, -0.05) is 270 Å². The van der Waals surface area contributed by atoms with Crippen molar-refractivity contribution in [2.75, 3.05) is 14.2 Å². The fraction of sp³-hybridized carbons (Fsp3) is 0.489. The number of halogens is 6. The molecule has 0 fully saturated rings. The van der Waals surface area contributed by atoms with Crippen molar-refractivity contribution < 1.29 is 37.2 Å². The summed E-state index contributed by atoms with van der Waals surface area (Å²) in [6.45, 7) is 16.9. The lowest BCUT2D eigenvalue weighted by Crippen LogP contribution is -2.02. The number of benzene rings is 4. The highest BCUT2D eigenvalue weighted by atomic mass is 79.9. The van der Waals surface area contributed by atoms with Gasteiger partial charge >= 0.3 is 0 Å². The first-order chi connectivity index (χ1) is 55.6. The second-order valence-electron chi connectivity index (χ2n) is 29.7. The number of aryl methyl sites for hydroxylation is 3. The minimum absolute atomic E-state index is 0.00775. The molecule has 0 spiro atoms. The van der Waals surface area contributed by atoms with E-state index in [0.717, 1.165) is 82.1 Å². The molecule has 10 aromatic rings. The normalized spacial score (nSPS) is 11.6. The van der Waals surface area contributed by atoms with Crippen molar-refractivity contribution in [2.45, 2.75) is 285 Å². The summed E-state index contributed by atoms with van der Waals surface area (Å²) >= 11 is 12.4. The molecule has 0 saturated carbocycles. The minimum Gasteiger partial charge on any atom is -0.496 e. The molecule has 0 aliphatic rings. The van der Waals surface area contributed by atoms with Crippen LogP contribution >= 0.6 is 77.2 Å². The monoisotopic (exact) mass is 1760 g/mol. The van der Waals surface area contributed by atoms with Gasteiger partial charge in [0.1, 0.15) is 33.6 Å². The first-order valence-electron chi connectivity index (χ1n) is 42.0. The van der Waals surface area contributed by atoms with E-state index in [0.29, 0.717) is 60.4 Å². The molecule has 0 atom stereocenters. The molecule has 10 rings (SSSR count). The molecule has 0 saturated heterocycles. The van der Waals surface area contributed by atoms with Crippen LogP contribution in [0.15, 0.2) is 99.6 Å². The van der Waals surface area contributed by atoms with Crippen LogP contribution in [0, 0.1) is 30.2 Å². The summed E-state index contributed by atoms with van der Waals surface area (Å²) < 4.78 is 76.0. The molecule has 2 N–H and O–H groups in total. The Hall–Kier alpha value is -6.36. The Morgan fingerprint density at radius 1 is 0.386 bits per heavy atom. The van der Waals surface area contributed by atoms with E-state index in [1.54, 1.807) is 48.1 Å². The van der Waals surface area contributed by atoms with E-state index in [2.05, 4.69) is 58.9 Å². The lowest BCUT2D eigenvalue weighted by molar-refractivity contribution is 0.281. The second-order valence-corrected chi connectivity index (χ2v) is 37.1. The van der Waals surface area contributed by atoms with Crippen LogP contribution in [0.25, 0.3) is 94.2 Å². The second kappa shape index (κ2) is 51.8. The first kappa shape index (κ1) is 93.1. The van der Waals surface area contributed by atoms with Crippen LogP contribution in [0.4, 0.5) is 17.6 Å². The van der Waals surface area contributed by atoms with Gasteiger partial charge < -0.3 is 19.7 Å². The van der Waals surface area contributed by atoms with Crippen molar-refractivity contribution in [3.63, 3.8) is 0 Å². The van der Waals surface area contributed by atoms with Gasteiger partial charge in [0.15, 0.2) is 23.3 Å². The molecule has 114 heavy (non-hydrogen) atoms. The molecular formula is C94H122Br2F4N6O4S4. The van der Waals surface area contributed by atoms with E-state index < -0.39 is 23.3 Å². The quantitative estimate of drug-likeness (QED) is 0.0286. The summed E-state index contributed by atoms with van der Waals surface area (Å²) in [6.07, 6.45) is 58.7. The number of fused-ring (bicyclic) bond motifs is 2. The summed E-state index contributed by atoms with van der Waals surface area (Å²) in [5, 5.41) is 38.1. The number of rotatable bonds is 51. The van der Waals surface area contributed by atoms with Crippen molar-refractivity contribution in [3.8, 4) is 53.3 Å². The number of hydrogen-bond donors (Lipinski definition) is 2. The number of allylic oxidation sites excluding steroid dienone is 1. The fourth-order valence-corrected chi connectivity index (χ4v) is 19.3. The van der Waals surface area contributed by atoms with Crippen molar-refractivity contribution >= 4 is 130 Å². The number of hydrogen-bond acceptors (Lipinski definition) is 12. The van der Waals surface area contributed by atoms with Gasteiger partial charge in [0.25, 0.3) is 0 Å². The molecular weight excluding hydrogens is 1640 g/mol. The van der Waals surface area contributed by atoms with Gasteiger partial charge in [-0.25, -0.2) is 17.6 Å². The lowest BCUT2D eigenvalue weighted by Gasteiger charge is -2.10.